The van der Waals surface area contributed by atoms with E-state index < -0.39 is 37.3 Å². The van der Waals surface area contributed by atoms with E-state index in [0.717, 1.165) is 0 Å². The largest absolute Gasteiger partial charge is 0.388 e. The quantitative estimate of drug-likeness (QED) is 0.422. The SMILES string of the molecule is OC1OC(CF)[C@H](O)C(O)C1NCl. The van der Waals surface area contributed by atoms with Crippen LogP contribution in [0.4, 0.5) is 4.39 Å². The highest BCUT2D eigenvalue weighted by Gasteiger charge is 2.43. The number of alkyl halides is 1. The summed E-state index contributed by atoms with van der Waals surface area (Å²) in [7, 11) is 0. The Balaban J connectivity index is 2.66. The van der Waals surface area contributed by atoms with E-state index in [9.17, 15) is 14.6 Å². The lowest BCUT2D eigenvalue weighted by atomic mass is 9.98. The van der Waals surface area contributed by atoms with Crippen molar-refractivity contribution in [3.8, 4) is 0 Å². The molecule has 1 aliphatic rings. The van der Waals surface area contributed by atoms with Crippen molar-refractivity contribution in [1.29, 1.82) is 0 Å². The molecule has 0 spiro atoms. The number of hydrogen-bond acceptors (Lipinski definition) is 5. The number of ether oxygens (including phenoxy) is 1. The Morgan fingerprint density at radius 3 is 2.38 bits per heavy atom. The van der Waals surface area contributed by atoms with Crippen LogP contribution in [0.25, 0.3) is 0 Å². The minimum absolute atomic E-state index is 0.982. The second kappa shape index (κ2) is 4.50. The van der Waals surface area contributed by atoms with Crippen molar-refractivity contribution in [3.63, 3.8) is 0 Å². The van der Waals surface area contributed by atoms with Gasteiger partial charge in [-0.15, -0.1) is 0 Å². The van der Waals surface area contributed by atoms with Crippen molar-refractivity contribution < 1.29 is 24.4 Å². The summed E-state index contributed by atoms with van der Waals surface area (Å²) in [5.41, 5.74) is 0. The van der Waals surface area contributed by atoms with E-state index in [2.05, 4.69) is 4.74 Å². The zero-order valence-corrected chi connectivity index (χ0v) is 7.36. The van der Waals surface area contributed by atoms with Gasteiger partial charge in [-0.25, -0.2) is 9.23 Å². The van der Waals surface area contributed by atoms with E-state index in [-0.39, 0.29) is 0 Å². The molecule has 1 heterocycles. The van der Waals surface area contributed by atoms with Crippen molar-refractivity contribution in [2.24, 2.45) is 0 Å². The predicted octanol–water partition coefficient (Wildman–Crippen LogP) is -1.49. The Labute approximate surface area is 79.2 Å². The van der Waals surface area contributed by atoms with Crippen LogP contribution in [0.2, 0.25) is 0 Å². The first-order chi connectivity index (χ1) is 6.11. The van der Waals surface area contributed by atoms with Crippen LogP contribution in [-0.2, 0) is 4.74 Å². The van der Waals surface area contributed by atoms with Gasteiger partial charge in [-0.1, -0.05) is 0 Å². The maximum atomic E-state index is 12.1. The molecular formula is C6H11ClFNO4. The van der Waals surface area contributed by atoms with Gasteiger partial charge in [-0.3, -0.25) is 0 Å². The van der Waals surface area contributed by atoms with Crippen molar-refractivity contribution in [3.05, 3.63) is 0 Å². The first kappa shape index (κ1) is 11.1. The summed E-state index contributed by atoms with van der Waals surface area (Å²) in [5.74, 6) is 0. The van der Waals surface area contributed by atoms with Gasteiger partial charge in [-0.05, 0) is 11.8 Å². The molecule has 1 fully saturated rings. The molecule has 5 atom stereocenters. The molecule has 4 unspecified atom stereocenters. The Morgan fingerprint density at radius 2 is 1.92 bits per heavy atom. The molecule has 78 valence electrons. The molecule has 7 heteroatoms. The number of nitrogens with one attached hydrogen (secondary N) is 1. The molecule has 0 aromatic carbocycles. The van der Waals surface area contributed by atoms with Crippen LogP contribution in [-0.4, -0.2) is 52.6 Å². The third-order valence-electron chi connectivity index (χ3n) is 2.00. The second-order valence-corrected chi connectivity index (χ2v) is 3.05. The summed E-state index contributed by atoms with van der Waals surface area (Å²) in [6.07, 6.45) is -5.41. The third kappa shape index (κ3) is 2.09. The fourth-order valence-corrected chi connectivity index (χ4v) is 1.43. The summed E-state index contributed by atoms with van der Waals surface area (Å²) in [6.45, 7) is -0.982. The van der Waals surface area contributed by atoms with Crippen molar-refractivity contribution in [1.82, 2.24) is 4.84 Å². The Morgan fingerprint density at radius 1 is 1.31 bits per heavy atom. The Bertz CT molecular complexity index is 175. The van der Waals surface area contributed by atoms with Gasteiger partial charge in [0.15, 0.2) is 6.29 Å². The van der Waals surface area contributed by atoms with Crippen molar-refractivity contribution >= 4 is 11.8 Å². The Hall–Kier alpha value is 0.0200. The van der Waals surface area contributed by atoms with E-state index in [4.69, 9.17) is 16.9 Å². The van der Waals surface area contributed by atoms with Gasteiger partial charge in [0.1, 0.15) is 31.0 Å². The van der Waals surface area contributed by atoms with Gasteiger partial charge in [0.05, 0.1) is 0 Å². The van der Waals surface area contributed by atoms with Gasteiger partial charge in [0, 0.05) is 0 Å². The molecule has 13 heavy (non-hydrogen) atoms. The highest BCUT2D eigenvalue weighted by atomic mass is 35.5. The minimum Gasteiger partial charge on any atom is -0.388 e. The topological polar surface area (TPSA) is 82.0 Å². The molecular weight excluding hydrogens is 205 g/mol. The molecule has 0 amide bonds. The average Bonchev–Trinajstić information content (AvgIpc) is 2.12. The lowest BCUT2D eigenvalue weighted by Crippen LogP contribution is -2.61. The fourth-order valence-electron chi connectivity index (χ4n) is 1.19. The van der Waals surface area contributed by atoms with E-state index in [1.807, 2.05) is 4.84 Å². The van der Waals surface area contributed by atoms with Gasteiger partial charge < -0.3 is 20.1 Å². The van der Waals surface area contributed by atoms with Crippen LogP contribution in [0.15, 0.2) is 0 Å². The monoisotopic (exact) mass is 215 g/mol. The summed E-state index contributed by atoms with van der Waals surface area (Å²) in [4.78, 5) is 2.04. The highest BCUT2D eigenvalue weighted by molar-refractivity contribution is 6.13. The molecule has 1 saturated heterocycles. The molecule has 0 bridgehead atoms. The van der Waals surface area contributed by atoms with Crippen molar-refractivity contribution in [2.45, 2.75) is 30.6 Å². The summed E-state index contributed by atoms with van der Waals surface area (Å²) >= 11 is 5.17. The van der Waals surface area contributed by atoms with Gasteiger partial charge >= 0.3 is 0 Å². The predicted molar refractivity (Wildman–Crippen MR) is 41.6 cm³/mol. The van der Waals surface area contributed by atoms with Gasteiger partial charge in [-0.2, -0.15) is 0 Å². The smallest absolute Gasteiger partial charge is 0.174 e. The van der Waals surface area contributed by atoms with Crippen LogP contribution in [0.3, 0.4) is 0 Å². The van der Waals surface area contributed by atoms with E-state index in [1.54, 1.807) is 0 Å². The molecule has 0 aliphatic carbocycles. The fraction of sp³-hybridized carbons (Fsp3) is 1.00. The van der Waals surface area contributed by atoms with Gasteiger partial charge in [0.25, 0.3) is 0 Å². The summed E-state index contributed by atoms with van der Waals surface area (Å²) in [5, 5.41) is 27.7. The molecule has 0 aromatic heterocycles. The first-order valence-electron chi connectivity index (χ1n) is 3.73. The molecule has 0 aromatic rings. The third-order valence-corrected chi connectivity index (χ3v) is 2.25. The Kier molecular flexibility index (Phi) is 3.84. The van der Waals surface area contributed by atoms with Crippen molar-refractivity contribution in [2.75, 3.05) is 6.67 Å². The lowest BCUT2D eigenvalue weighted by Gasteiger charge is -2.38. The summed E-state index contributed by atoms with van der Waals surface area (Å²) < 4.78 is 16.8. The van der Waals surface area contributed by atoms with E-state index in [0.29, 0.717) is 0 Å². The molecule has 4 N–H and O–H groups in total. The number of hydrogen-bond donors (Lipinski definition) is 4. The molecule has 0 saturated carbocycles. The number of aliphatic hydroxyl groups excluding tert-OH is 3. The maximum absolute atomic E-state index is 12.1. The van der Waals surface area contributed by atoms with Crippen LogP contribution in [0.5, 0.6) is 0 Å². The standard InChI is InChI=1S/C6H11ClFNO4/c7-9-3-5(11)4(10)2(1-8)13-6(3)12/h2-6,9-12H,1H2/t2?,3?,4-,5?,6?/m0/s1. The second-order valence-electron chi connectivity index (χ2n) is 2.84. The van der Waals surface area contributed by atoms with E-state index in [1.165, 1.54) is 0 Å². The summed E-state index contributed by atoms with van der Waals surface area (Å²) in [6, 6.07) is -1.03. The normalized spacial score (nSPS) is 46.4. The van der Waals surface area contributed by atoms with Crippen LogP contribution in [0.1, 0.15) is 0 Å². The average molecular weight is 216 g/mol. The number of aliphatic hydroxyl groups is 3. The number of rotatable bonds is 2. The minimum atomic E-state index is -1.43. The first-order valence-corrected chi connectivity index (χ1v) is 4.11. The van der Waals surface area contributed by atoms with Crippen LogP contribution in [0, 0.1) is 0 Å². The lowest BCUT2D eigenvalue weighted by molar-refractivity contribution is -0.247. The number of halogens is 2. The van der Waals surface area contributed by atoms with E-state index >= 15 is 0 Å². The molecule has 1 rings (SSSR count). The molecule has 0 radical (unpaired) electrons. The zero-order valence-electron chi connectivity index (χ0n) is 6.60. The van der Waals surface area contributed by atoms with Crippen LogP contribution < -0.4 is 4.84 Å². The zero-order chi connectivity index (χ0) is 10.0. The highest BCUT2D eigenvalue weighted by Crippen LogP contribution is 2.20. The molecule has 5 nitrogen and oxygen atoms in total. The van der Waals surface area contributed by atoms with Crippen LogP contribution >= 0.6 is 11.8 Å². The molecule has 1 aliphatic heterocycles. The maximum Gasteiger partial charge on any atom is 0.174 e. The van der Waals surface area contributed by atoms with Gasteiger partial charge in [0.2, 0.25) is 0 Å².